The van der Waals surface area contributed by atoms with E-state index in [2.05, 4.69) is 52.0 Å². The van der Waals surface area contributed by atoms with Crippen LogP contribution in [0.5, 0.6) is 0 Å². The molecule has 96 valence electrons. The van der Waals surface area contributed by atoms with Gasteiger partial charge in [0.1, 0.15) is 0 Å². The molecule has 2 rings (SSSR count). The zero-order valence-corrected chi connectivity index (χ0v) is 15.0. The van der Waals surface area contributed by atoms with Gasteiger partial charge in [-0.1, -0.05) is 85.6 Å². The first-order chi connectivity index (χ1) is 8.61. The van der Waals surface area contributed by atoms with Crippen molar-refractivity contribution in [3.05, 3.63) is 85.6 Å². The quantitative estimate of drug-likeness (QED) is 0.525. The summed E-state index contributed by atoms with van der Waals surface area (Å²) in [4.78, 5) is 0. The van der Waals surface area contributed by atoms with Crippen LogP contribution >= 0.6 is 0 Å². The third kappa shape index (κ3) is 7.28. The molecule has 2 aromatic carbocycles. The van der Waals surface area contributed by atoms with E-state index in [4.69, 9.17) is 0 Å². The molecule has 0 N–H and O–H groups in total. The normalized spacial score (nSPS) is 12.4. The summed E-state index contributed by atoms with van der Waals surface area (Å²) < 4.78 is 0. The van der Waals surface area contributed by atoms with Crippen LogP contribution in [-0.2, 0) is 19.5 Å². The Labute approximate surface area is 131 Å². The molecule has 0 heterocycles. The van der Waals surface area contributed by atoms with Crippen LogP contribution in [0.25, 0.3) is 0 Å². The van der Waals surface area contributed by atoms with Crippen molar-refractivity contribution in [2.75, 3.05) is 0 Å². The van der Waals surface area contributed by atoms with Crippen molar-refractivity contribution in [3.8, 4) is 0 Å². The van der Waals surface area contributed by atoms with Gasteiger partial charge in [0.05, 0.1) is 0 Å². The second-order valence-electron chi connectivity index (χ2n) is 4.62. The van der Waals surface area contributed by atoms with Crippen LogP contribution in [0.2, 0.25) is 0 Å². The summed E-state index contributed by atoms with van der Waals surface area (Å²) in [6, 6.07) is 20.6. The minimum atomic E-state index is 0. The Hall–Kier alpha value is -0.937. The summed E-state index contributed by atoms with van der Waals surface area (Å²) >= 11 is 0. The molecule has 19 heavy (non-hydrogen) atoms. The molecule has 0 saturated heterocycles. The first-order valence-corrected chi connectivity index (χ1v) is 6.37. The van der Waals surface area contributed by atoms with Crippen LogP contribution in [0.15, 0.2) is 60.7 Å². The average molecular weight is 304 g/mol. The Morgan fingerprint density at radius 2 is 0.895 bits per heavy atom. The summed E-state index contributed by atoms with van der Waals surface area (Å²) in [5.74, 6) is 0.817. The van der Waals surface area contributed by atoms with Crippen LogP contribution in [0.1, 0.15) is 36.8 Å². The third-order valence-electron chi connectivity index (χ3n) is 2.74. The number of benzene rings is 2. The van der Waals surface area contributed by atoms with Gasteiger partial charge < -0.3 is 13.8 Å². The van der Waals surface area contributed by atoms with E-state index in [9.17, 15) is 0 Å². The number of rotatable bonds is 2. The summed E-state index contributed by atoms with van der Waals surface area (Å²) in [7, 11) is 0. The van der Waals surface area contributed by atoms with E-state index in [1.807, 2.05) is 36.4 Å². The van der Waals surface area contributed by atoms with E-state index in [-0.39, 0.29) is 19.5 Å². The van der Waals surface area contributed by atoms with Gasteiger partial charge in [0.15, 0.2) is 0 Å². The van der Waals surface area contributed by atoms with Crippen LogP contribution in [0, 0.1) is 13.8 Å². The molecular formula is C18H22Zn. The van der Waals surface area contributed by atoms with E-state index in [1.165, 1.54) is 11.1 Å². The maximum atomic E-state index is 3.91. The molecule has 0 aliphatic carbocycles. The molecule has 0 nitrogen and oxygen atoms in total. The van der Waals surface area contributed by atoms with E-state index in [0.29, 0.717) is 11.8 Å². The topological polar surface area (TPSA) is 0 Å². The first kappa shape index (κ1) is 18.1. The van der Waals surface area contributed by atoms with Crippen molar-refractivity contribution >= 4 is 0 Å². The molecule has 0 amide bonds. The van der Waals surface area contributed by atoms with Crippen LogP contribution in [-0.4, -0.2) is 0 Å². The molecule has 0 aliphatic heterocycles. The van der Waals surface area contributed by atoms with Crippen LogP contribution in [0.4, 0.5) is 0 Å². The molecule has 0 aromatic heterocycles. The second kappa shape index (κ2) is 9.92. The molecule has 2 unspecified atom stereocenters. The van der Waals surface area contributed by atoms with Gasteiger partial charge in [0.2, 0.25) is 0 Å². The zero-order valence-electron chi connectivity index (χ0n) is 12.0. The zero-order chi connectivity index (χ0) is 13.4. The average Bonchev–Trinajstić information content (AvgIpc) is 2.41. The molecule has 0 radical (unpaired) electrons. The Morgan fingerprint density at radius 3 is 1.05 bits per heavy atom. The number of hydrogen-bond donors (Lipinski definition) is 0. The third-order valence-corrected chi connectivity index (χ3v) is 2.74. The Morgan fingerprint density at radius 1 is 0.632 bits per heavy atom. The van der Waals surface area contributed by atoms with Crippen molar-refractivity contribution in [2.24, 2.45) is 0 Å². The number of hydrogen-bond acceptors (Lipinski definition) is 0. The molecule has 0 bridgehead atoms. The van der Waals surface area contributed by atoms with Crippen molar-refractivity contribution in [3.63, 3.8) is 0 Å². The molecule has 0 spiro atoms. The molecular weight excluding hydrogens is 282 g/mol. The van der Waals surface area contributed by atoms with Gasteiger partial charge >= 0.3 is 19.5 Å². The predicted octanol–water partition coefficient (Wildman–Crippen LogP) is 5.25. The largest absolute Gasteiger partial charge is 2.00 e. The first-order valence-electron chi connectivity index (χ1n) is 6.37. The van der Waals surface area contributed by atoms with Gasteiger partial charge in [0.25, 0.3) is 0 Å². The Bertz CT molecular complexity index is 374. The van der Waals surface area contributed by atoms with Crippen molar-refractivity contribution in [2.45, 2.75) is 25.7 Å². The fourth-order valence-corrected chi connectivity index (χ4v) is 1.56. The van der Waals surface area contributed by atoms with Crippen molar-refractivity contribution in [1.82, 2.24) is 0 Å². The van der Waals surface area contributed by atoms with Gasteiger partial charge in [-0.25, -0.2) is 0 Å². The molecule has 0 aliphatic rings. The molecule has 2 atom stereocenters. The van der Waals surface area contributed by atoms with E-state index < -0.39 is 0 Å². The van der Waals surface area contributed by atoms with E-state index in [1.54, 1.807) is 0 Å². The van der Waals surface area contributed by atoms with Crippen LogP contribution in [0.3, 0.4) is 0 Å². The summed E-state index contributed by atoms with van der Waals surface area (Å²) in [6.45, 7) is 12.0. The van der Waals surface area contributed by atoms with Gasteiger partial charge in [-0.3, -0.25) is 0 Å². The maximum Gasteiger partial charge on any atom is 2.00 e. The maximum absolute atomic E-state index is 3.91. The van der Waals surface area contributed by atoms with Crippen molar-refractivity contribution < 1.29 is 19.5 Å². The van der Waals surface area contributed by atoms with Gasteiger partial charge in [-0.05, 0) is 0 Å². The minimum Gasteiger partial charge on any atom is -0.336 e. The van der Waals surface area contributed by atoms with Gasteiger partial charge in [0, 0.05) is 0 Å². The Balaban J connectivity index is 0.000000324. The fraction of sp³-hybridized carbons (Fsp3) is 0.222. The standard InChI is InChI=1S/2C9H11.Zn/c2*1-8(2)9-6-4-3-5-7-9;/h2*3-8H,1H2,2H3;/q2*-1;+2. The molecule has 2 aromatic rings. The Kier molecular flexibility index (Phi) is 9.43. The summed E-state index contributed by atoms with van der Waals surface area (Å²) in [6.07, 6.45) is 0. The molecule has 0 saturated carbocycles. The fourth-order valence-electron chi connectivity index (χ4n) is 1.56. The minimum absolute atomic E-state index is 0. The van der Waals surface area contributed by atoms with Crippen LogP contribution < -0.4 is 0 Å². The van der Waals surface area contributed by atoms with Gasteiger partial charge in [-0.15, -0.1) is 11.8 Å². The molecule has 1 heteroatoms. The predicted molar refractivity (Wildman–Crippen MR) is 80.4 cm³/mol. The van der Waals surface area contributed by atoms with E-state index >= 15 is 0 Å². The van der Waals surface area contributed by atoms with E-state index in [0.717, 1.165) is 0 Å². The van der Waals surface area contributed by atoms with Crippen molar-refractivity contribution in [1.29, 1.82) is 0 Å². The summed E-state index contributed by atoms with van der Waals surface area (Å²) in [5, 5.41) is 0. The van der Waals surface area contributed by atoms with Gasteiger partial charge in [-0.2, -0.15) is 0 Å². The SMILES string of the molecule is [CH2-]C(C)c1ccccc1.[CH2-]C(C)c1ccccc1.[Zn+2]. The summed E-state index contributed by atoms with van der Waals surface area (Å²) in [5.41, 5.74) is 2.61. The smallest absolute Gasteiger partial charge is 0.336 e. The molecule has 0 fully saturated rings. The monoisotopic (exact) mass is 302 g/mol. The second-order valence-corrected chi connectivity index (χ2v) is 4.62.